The molecule has 0 heterocycles. The second-order valence-electron chi connectivity index (χ2n) is 4.83. The number of methoxy groups -OCH3 is 1. The number of benzene rings is 2. The minimum atomic E-state index is 0.146. The van der Waals surface area contributed by atoms with Crippen LogP contribution in [0.25, 0.3) is 0 Å². The quantitative estimate of drug-likeness (QED) is 0.667. The van der Waals surface area contributed by atoms with E-state index in [0.717, 1.165) is 18.5 Å². The lowest BCUT2D eigenvalue weighted by Gasteiger charge is -2.20. The van der Waals surface area contributed by atoms with E-state index < -0.39 is 0 Å². The molecule has 0 aliphatic heterocycles. The van der Waals surface area contributed by atoms with Gasteiger partial charge in [-0.25, -0.2) is 0 Å². The Morgan fingerprint density at radius 2 is 1.81 bits per heavy atom. The number of nitrogens with one attached hydrogen (secondary N) is 1. The third-order valence-electron chi connectivity index (χ3n) is 3.31. The Morgan fingerprint density at radius 3 is 2.43 bits per heavy atom. The van der Waals surface area contributed by atoms with Crippen molar-refractivity contribution in [3.05, 3.63) is 62.2 Å². The molecule has 0 saturated heterocycles. The van der Waals surface area contributed by atoms with Crippen molar-refractivity contribution in [1.82, 2.24) is 5.32 Å². The van der Waals surface area contributed by atoms with Gasteiger partial charge in [0.25, 0.3) is 0 Å². The monoisotopic (exact) mass is 415 g/mol. The molecule has 1 N–H and O–H groups in total. The SMILES string of the molecule is CCCNC(c1ccc(I)cc1)c1ccc(Cl)c(OC)c1. The highest BCUT2D eigenvalue weighted by Crippen LogP contribution is 2.30. The van der Waals surface area contributed by atoms with Crippen LogP contribution in [0.5, 0.6) is 5.75 Å². The molecule has 4 heteroatoms. The lowest BCUT2D eigenvalue weighted by molar-refractivity contribution is 0.414. The van der Waals surface area contributed by atoms with Crippen LogP contribution < -0.4 is 10.1 Å². The van der Waals surface area contributed by atoms with Crippen LogP contribution in [0.4, 0.5) is 0 Å². The number of halogens is 2. The van der Waals surface area contributed by atoms with Gasteiger partial charge < -0.3 is 10.1 Å². The normalized spacial score (nSPS) is 12.2. The molecule has 0 fully saturated rings. The lowest BCUT2D eigenvalue weighted by Crippen LogP contribution is -2.23. The van der Waals surface area contributed by atoms with Crippen LogP contribution in [0.1, 0.15) is 30.5 Å². The van der Waals surface area contributed by atoms with Crippen molar-refractivity contribution in [3.8, 4) is 5.75 Å². The number of ether oxygens (including phenoxy) is 1. The van der Waals surface area contributed by atoms with Gasteiger partial charge in [-0.3, -0.25) is 0 Å². The van der Waals surface area contributed by atoms with Crippen molar-refractivity contribution in [2.24, 2.45) is 0 Å². The molecule has 2 nitrogen and oxygen atoms in total. The summed E-state index contributed by atoms with van der Waals surface area (Å²) in [5.74, 6) is 0.711. The third-order valence-corrected chi connectivity index (χ3v) is 4.34. The van der Waals surface area contributed by atoms with E-state index in [1.54, 1.807) is 7.11 Å². The number of hydrogen-bond acceptors (Lipinski definition) is 2. The summed E-state index contributed by atoms with van der Waals surface area (Å²) in [6, 6.07) is 14.7. The molecule has 0 aliphatic carbocycles. The zero-order chi connectivity index (χ0) is 15.2. The molecule has 0 bridgehead atoms. The van der Waals surface area contributed by atoms with Crippen LogP contribution in [0.3, 0.4) is 0 Å². The molecule has 0 saturated carbocycles. The first-order chi connectivity index (χ1) is 10.2. The zero-order valence-electron chi connectivity index (χ0n) is 12.2. The maximum absolute atomic E-state index is 6.13. The minimum Gasteiger partial charge on any atom is -0.495 e. The van der Waals surface area contributed by atoms with Gasteiger partial charge in [0.15, 0.2) is 0 Å². The summed E-state index contributed by atoms with van der Waals surface area (Å²) in [7, 11) is 1.64. The van der Waals surface area contributed by atoms with Crippen LogP contribution in [-0.4, -0.2) is 13.7 Å². The first-order valence-electron chi connectivity index (χ1n) is 6.98. The van der Waals surface area contributed by atoms with Gasteiger partial charge in [-0.05, 0) is 70.9 Å². The predicted octanol–water partition coefficient (Wildman–Crippen LogP) is 5.04. The third kappa shape index (κ3) is 4.34. The molecule has 2 aromatic rings. The molecular weight excluding hydrogens is 397 g/mol. The van der Waals surface area contributed by atoms with E-state index in [2.05, 4.69) is 65.2 Å². The highest BCUT2D eigenvalue weighted by molar-refractivity contribution is 14.1. The molecule has 1 atom stereocenters. The molecule has 0 aromatic heterocycles. The van der Waals surface area contributed by atoms with E-state index in [1.165, 1.54) is 9.13 Å². The Balaban J connectivity index is 2.37. The van der Waals surface area contributed by atoms with Crippen molar-refractivity contribution < 1.29 is 4.74 Å². The van der Waals surface area contributed by atoms with E-state index in [4.69, 9.17) is 16.3 Å². The number of rotatable bonds is 6. The fourth-order valence-corrected chi connectivity index (χ4v) is 2.78. The van der Waals surface area contributed by atoms with Crippen LogP contribution in [0.15, 0.2) is 42.5 Å². The molecule has 0 amide bonds. The van der Waals surface area contributed by atoms with Crippen LogP contribution in [0.2, 0.25) is 5.02 Å². The Labute approximate surface area is 145 Å². The summed E-state index contributed by atoms with van der Waals surface area (Å²) in [5, 5.41) is 4.23. The molecule has 2 rings (SSSR count). The highest BCUT2D eigenvalue weighted by Gasteiger charge is 2.15. The zero-order valence-corrected chi connectivity index (χ0v) is 15.1. The van der Waals surface area contributed by atoms with Crippen molar-refractivity contribution in [2.45, 2.75) is 19.4 Å². The van der Waals surface area contributed by atoms with E-state index >= 15 is 0 Å². The standard InChI is InChI=1S/C17H19ClINO/c1-3-10-20-17(12-4-7-14(19)8-5-12)13-6-9-15(18)16(11-13)21-2/h4-9,11,17,20H,3,10H2,1-2H3. The topological polar surface area (TPSA) is 21.3 Å². The molecule has 0 radical (unpaired) electrons. The van der Waals surface area contributed by atoms with Crippen molar-refractivity contribution >= 4 is 34.2 Å². The van der Waals surface area contributed by atoms with Gasteiger partial charge in [0.2, 0.25) is 0 Å². The smallest absolute Gasteiger partial charge is 0.137 e. The van der Waals surface area contributed by atoms with Crippen LogP contribution in [-0.2, 0) is 0 Å². The Bertz CT molecular complexity index is 586. The highest BCUT2D eigenvalue weighted by atomic mass is 127. The van der Waals surface area contributed by atoms with E-state index in [9.17, 15) is 0 Å². The average Bonchev–Trinajstić information content (AvgIpc) is 2.50. The molecular formula is C17H19ClINO. The van der Waals surface area contributed by atoms with Gasteiger partial charge >= 0.3 is 0 Å². The Hall–Kier alpha value is -0.780. The second-order valence-corrected chi connectivity index (χ2v) is 6.49. The van der Waals surface area contributed by atoms with Crippen molar-refractivity contribution in [2.75, 3.05) is 13.7 Å². The summed E-state index contributed by atoms with van der Waals surface area (Å²) in [4.78, 5) is 0. The largest absolute Gasteiger partial charge is 0.495 e. The first kappa shape index (κ1) is 16.6. The van der Waals surface area contributed by atoms with Gasteiger partial charge in [0.05, 0.1) is 18.2 Å². The fraction of sp³-hybridized carbons (Fsp3) is 0.294. The number of hydrogen-bond donors (Lipinski definition) is 1. The van der Waals surface area contributed by atoms with E-state index in [-0.39, 0.29) is 6.04 Å². The summed E-state index contributed by atoms with van der Waals surface area (Å²) in [5.41, 5.74) is 2.40. The predicted molar refractivity (Wildman–Crippen MR) is 97.3 cm³/mol. The maximum Gasteiger partial charge on any atom is 0.137 e. The van der Waals surface area contributed by atoms with Gasteiger partial charge in [-0.1, -0.05) is 36.7 Å². The molecule has 1 unspecified atom stereocenters. The van der Waals surface area contributed by atoms with Crippen molar-refractivity contribution in [3.63, 3.8) is 0 Å². The first-order valence-corrected chi connectivity index (χ1v) is 8.43. The summed E-state index contributed by atoms with van der Waals surface area (Å²) < 4.78 is 6.57. The van der Waals surface area contributed by atoms with Gasteiger partial charge in [0, 0.05) is 3.57 Å². The molecule has 0 aliphatic rings. The maximum atomic E-state index is 6.13. The van der Waals surface area contributed by atoms with E-state index in [0.29, 0.717) is 10.8 Å². The minimum absolute atomic E-state index is 0.146. The lowest BCUT2D eigenvalue weighted by atomic mass is 9.98. The van der Waals surface area contributed by atoms with Gasteiger partial charge in [-0.15, -0.1) is 0 Å². The fourth-order valence-electron chi connectivity index (χ4n) is 2.23. The summed E-state index contributed by atoms with van der Waals surface area (Å²) in [6.07, 6.45) is 1.09. The van der Waals surface area contributed by atoms with Gasteiger partial charge in [0.1, 0.15) is 5.75 Å². The van der Waals surface area contributed by atoms with Crippen molar-refractivity contribution in [1.29, 1.82) is 0 Å². The molecule has 112 valence electrons. The summed E-state index contributed by atoms with van der Waals surface area (Å²) in [6.45, 7) is 3.13. The molecule has 0 spiro atoms. The Morgan fingerprint density at radius 1 is 1.14 bits per heavy atom. The Kier molecular flexibility index (Phi) is 6.33. The average molecular weight is 416 g/mol. The van der Waals surface area contributed by atoms with Crippen LogP contribution >= 0.6 is 34.2 Å². The van der Waals surface area contributed by atoms with E-state index in [1.807, 2.05) is 12.1 Å². The second kappa shape index (κ2) is 8.01. The molecule has 21 heavy (non-hydrogen) atoms. The molecule has 2 aromatic carbocycles. The van der Waals surface area contributed by atoms with Crippen LogP contribution in [0, 0.1) is 3.57 Å². The van der Waals surface area contributed by atoms with Gasteiger partial charge in [-0.2, -0.15) is 0 Å². The summed E-state index contributed by atoms with van der Waals surface area (Å²) >= 11 is 8.45.